The minimum absolute atomic E-state index is 0.119. The van der Waals surface area contributed by atoms with Gasteiger partial charge in [-0.1, -0.05) is 37.2 Å². The van der Waals surface area contributed by atoms with Gasteiger partial charge >= 0.3 is 0 Å². The lowest BCUT2D eigenvalue weighted by Crippen LogP contribution is -2.27. The van der Waals surface area contributed by atoms with E-state index in [1.807, 2.05) is 0 Å². The van der Waals surface area contributed by atoms with Crippen molar-refractivity contribution in [2.24, 2.45) is 5.92 Å². The van der Waals surface area contributed by atoms with Crippen LogP contribution >= 0.6 is 23.4 Å². The fourth-order valence-corrected chi connectivity index (χ4v) is 6.66. The zero-order chi connectivity index (χ0) is 19.1. The smallest absolute Gasteiger partial charge is 0.262 e. The number of halogens is 1. The molecule has 1 aromatic heterocycles. The molecule has 142 valence electrons. The van der Waals surface area contributed by atoms with Crippen LogP contribution in [0.4, 0.5) is 0 Å². The van der Waals surface area contributed by atoms with Crippen LogP contribution in [-0.4, -0.2) is 45.9 Å². The molecule has 1 N–H and O–H groups in total. The van der Waals surface area contributed by atoms with Crippen molar-refractivity contribution in [2.75, 3.05) is 11.5 Å². The van der Waals surface area contributed by atoms with E-state index in [4.69, 9.17) is 11.6 Å². The highest BCUT2D eigenvalue weighted by Gasteiger charge is 2.38. The number of thioether (sulfide) groups is 1. The van der Waals surface area contributed by atoms with Gasteiger partial charge in [-0.15, -0.1) is 0 Å². The number of fused-ring (bicyclic) bond motifs is 1. The molecule has 9 heteroatoms. The molecule has 0 saturated carbocycles. The van der Waals surface area contributed by atoms with Crippen molar-refractivity contribution in [1.29, 1.82) is 0 Å². The van der Waals surface area contributed by atoms with Crippen molar-refractivity contribution >= 4 is 44.1 Å². The average molecular weight is 417 g/mol. The first-order chi connectivity index (χ1) is 12.2. The van der Waals surface area contributed by atoms with Gasteiger partial charge in [0.15, 0.2) is 15.0 Å². The van der Waals surface area contributed by atoms with E-state index in [0.29, 0.717) is 33.5 Å². The molecule has 6 nitrogen and oxygen atoms in total. The van der Waals surface area contributed by atoms with Crippen molar-refractivity contribution in [3.63, 3.8) is 0 Å². The Balaban J connectivity index is 2.06. The molecule has 26 heavy (non-hydrogen) atoms. The van der Waals surface area contributed by atoms with Gasteiger partial charge in [-0.25, -0.2) is 13.4 Å². The summed E-state index contributed by atoms with van der Waals surface area (Å²) >= 11 is 7.18. The number of aliphatic hydroxyl groups excluding tert-OH is 1. The monoisotopic (exact) mass is 416 g/mol. The first kappa shape index (κ1) is 19.7. The van der Waals surface area contributed by atoms with Gasteiger partial charge in [-0.2, -0.15) is 0 Å². The van der Waals surface area contributed by atoms with Crippen molar-refractivity contribution in [3.05, 3.63) is 33.6 Å². The molecule has 0 radical (unpaired) electrons. The third-order valence-electron chi connectivity index (χ3n) is 4.34. The summed E-state index contributed by atoms with van der Waals surface area (Å²) in [6.45, 7) is 4.62. The molecule has 1 fully saturated rings. The lowest BCUT2D eigenvalue weighted by atomic mass is 10.1. The summed E-state index contributed by atoms with van der Waals surface area (Å²) in [5, 5.41) is 10.9. The topological polar surface area (TPSA) is 89.3 Å². The number of hydrogen-bond donors (Lipinski definition) is 1. The first-order valence-electron chi connectivity index (χ1n) is 8.41. The maximum Gasteiger partial charge on any atom is 0.262 e. The minimum atomic E-state index is -3.27. The second kappa shape index (κ2) is 7.50. The van der Waals surface area contributed by atoms with Crippen LogP contribution in [0.5, 0.6) is 0 Å². The summed E-state index contributed by atoms with van der Waals surface area (Å²) in [6, 6.07) is 4.93. The number of aliphatic hydroxyl groups is 1. The lowest BCUT2D eigenvalue weighted by Gasteiger charge is -2.17. The number of sulfone groups is 1. The van der Waals surface area contributed by atoms with Gasteiger partial charge in [-0.3, -0.25) is 9.36 Å². The molecule has 1 aliphatic heterocycles. The van der Waals surface area contributed by atoms with E-state index in [1.54, 1.807) is 22.8 Å². The van der Waals surface area contributed by atoms with Gasteiger partial charge < -0.3 is 5.11 Å². The van der Waals surface area contributed by atoms with Crippen LogP contribution in [0.15, 0.2) is 28.2 Å². The van der Waals surface area contributed by atoms with E-state index >= 15 is 0 Å². The highest BCUT2D eigenvalue weighted by molar-refractivity contribution is 8.01. The molecule has 1 aliphatic rings. The van der Waals surface area contributed by atoms with Gasteiger partial charge in [0, 0.05) is 11.6 Å². The Morgan fingerprint density at radius 1 is 1.38 bits per heavy atom. The first-order valence-corrected chi connectivity index (χ1v) is 11.5. The Labute approximate surface area is 161 Å². The van der Waals surface area contributed by atoms with Crippen LogP contribution in [0.25, 0.3) is 10.9 Å². The standard InChI is InChI=1S/C17H21ClN2O4S2/c1-10(2)5-6-20-16(22)12-4-3-11(18)7-13(12)19-17(20)25-15-9-26(23,24)8-14(15)21/h3-4,7,10,14-15,21H,5-6,8-9H2,1-2H3/t14-,15+/m1/s1. The molecule has 0 unspecified atom stereocenters. The molecule has 1 saturated heterocycles. The number of rotatable bonds is 5. The number of aromatic nitrogens is 2. The molecule has 0 amide bonds. The number of benzene rings is 1. The van der Waals surface area contributed by atoms with Crippen LogP contribution in [0.3, 0.4) is 0 Å². The molecule has 0 spiro atoms. The molecule has 1 aromatic carbocycles. The van der Waals surface area contributed by atoms with Gasteiger partial charge in [0.2, 0.25) is 0 Å². The van der Waals surface area contributed by atoms with E-state index in [0.717, 1.165) is 18.2 Å². The third kappa shape index (κ3) is 4.24. The van der Waals surface area contributed by atoms with Crippen molar-refractivity contribution < 1.29 is 13.5 Å². The van der Waals surface area contributed by atoms with Crippen molar-refractivity contribution in [3.8, 4) is 0 Å². The summed E-state index contributed by atoms with van der Waals surface area (Å²) in [5.41, 5.74) is 0.298. The van der Waals surface area contributed by atoms with Gasteiger partial charge in [0.25, 0.3) is 5.56 Å². The maximum atomic E-state index is 12.9. The zero-order valence-corrected chi connectivity index (χ0v) is 16.9. The Kier molecular flexibility index (Phi) is 5.67. The van der Waals surface area contributed by atoms with Crippen LogP contribution in [-0.2, 0) is 16.4 Å². The Morgan fingerprint density at radius 3 is 2.73 bits per heavy atom. The fourth-order valence-electron chi connectivity index (χ4n) is 2.89. The molecule has 0 aliphatic carbocycles. The van der Waals surface area contributed by atoms with Crippen LogP contribution in [0, 0.1) is 5.92 Å². The predicted octanol–water partition coefficient (Wildman–Crippen LogP) is 2.35. The normalized spacial score (nSPS) is 22.3. The quantitative estimate of drug-likeness (QED) is 0.752. The predicted molar refractivity (Wildman–Crippen MR) is 105 cm³/mol. The van der Waals surface area contributed by atoms with Gasteiger partial charge in [-0.05, 0) is 30.5 Å². The van der Waals surface area contributed by atoms with E-state index in [2.05, 4.69) is 18.8 Å². The van der Waals surface area contributed by atoms with Crippen LogP contribution in [0.1, 0.15) is 20.3 Å². The molecular weight excluding hydrogens is 396 g/mol. The average Bonchev–Trinajstić information content (AvgIpc) is 2.78. The lowest BCUT2D eigenvalue weighted by molar-refractivity contribution is 0.207. The number of hydrogen-bond acceptors (Lipinski definition) is 6. The zero-order valence-electron chi connectivity index (χ0n) is 14.6. The molecule has 0 bridgehead atoms. The fraction of sp³-hybridized carbons (Fsp3) is 0.529. The Morgan fingerprint density at radius 2 is 2.12 bits per heavy atom. The molecule has 2 atom stereocenters. The largest absolute Gasteiger partial charge is 0.391 e. The van der Waals surface area contributed by atoms with E-state index in [1.165, 1.54) is 0 Å². The maximum absolute atomic E-state index is 12.9. The summed E-state index contributed by atoms with van der Waals surface area (Å²) < 4.78 is 25.2. The molecular formula is C17H21ClN2O4S2. The van der Waals surface area contributed by atoms with Gasteiger partial charge in [0.1, 0.15) is 0 Å². The molecule has 3 rings (SSSR count). The van der Waals surface area contributed by atoms with E-state index in [-0.39, 0.29) is 17.1 Å². The van der Waals surface area contributed by atoms with Crippen molar-refractivity contribution in [1.82, 2.24) is 9.55 Å². The summed E-state index contributed by atoms with van der Waals surface area (Å²) in [6.07, 6.45) is -0.171. The molecule has 2 heterocycles. The summed E-state index contributed by atoms with van der Waals surface area (Å²) in [5.74, 6) is 0.0327. The summed E-state index contributed by atoms with van der Waals surface area (Å²) in [4.78, 5) is 17.5. The highest BCUT2D eigenvalue weighted by atomic mass is 35.5. The van der Waals surface area contributed by atoms with E-state index in [9.17, 15) is 18.3 Å². The SMILES string of the molecule is CC(C)CCn1c(S[C@H]2CS(=O)(=O)C[C@H]2O)nc2cc(Cl)ccc2c1=O. The Hall–Kier alpha value is -1.09. The van der Waals surface area contributed by atoms with Crippen molar-refractivity contribution in [2.45, 2.75) is 43.3 Å². The Bertz CT molecular complexity index is 988. The number of nitrogens with zero attached hydrogens (tertiary/aromatic N) is 2. The van der Waals surface area contributed by atoms with Crippen LogP contribution in [0.2, 0.25) is 5.02 Å². The highest BCUT2D eigenvalue weighted by Crippen LogP contribution is 2.31. The summed E-state index contributed by atoms with van der Waals surface area (Å²) in [7, 11) is -3.27. The van der Waals surface area contributed by atoms with E-state index < -0.39 is 21.2 Å². The second-order valence-electron chi connectivity index (χ2n) is 7.00. The molecule has 2 aromatic rings. The minimum Gasteiger partial charge on any atom is -0.391 e. The van der Waals surface area contributed by atoms with Crippen LogP contribution < -0.4 is 5.56 Å². The second-order valence-corrected chi connectivity index (χ2v) is 10.8. The van der Waals surface area contributed by atoms with Gasteiger partial charge in [0.05, 0.1) is 33.8 Å². The third-order valence-corrected chi connectivity index (χ3v) is 7.81.